The summed E-state index contributed by atoms with van der Waals surface area (Å²) < 4.78 is 43.3. The summed E-state index contributed by atoms with van der Waals surface area (Å²) in [5.41, 5.74) is 4.18. The third-order valence-corrected chi connectivity index (χ3v) is 5.99. The maximum absolute atomic E-state index is 13.2. The summed E-state index contributed by atoms with van der Waals surface area (Å²) in [5, 5.41) is 7.94. The number of hydrogen-bond donors (Lipinski definition) is 1. The van der Waals surface area contributed by atoms with E-state index >= 15 is 0 Å². The van der Waals surface area contributed by atoms with Crippen molar-refractivity contribution in [1.29, 1.82) is 0 Å². The zero-order chi connectivity index (χ0) is 24.3. The molecule has 0 unspecified atom stereocenters. The fraction of sp³-hybridized carbons (Fsp3) is 0.360. The Bertz CT molecular complexity index is 1140. The molecule has 1 aromatic heterocycles. The Balaban J connectivity index is 1.42. The topological polar surface area (TPSA) is 59.4 Å². The van der Waals surface area contributed by atoms with Gasteiger partial charge < -0.3 is 15.0 Å². The molecule has 9 heteroatoms. The number of halogens is 3. The number of rotatable bonds is 7. The van der Waals surface area contributed by atoms with Crippen molar-refractivity contribution < 1.29 is 22.7 Å². The summed E-state index contributed by atoms with van der Waals surface area (Å²) in [4.78, 5) is 14.9. The van der Waals surface area contributed by atoms with Crippen molar-refractivity contribution in [2.24, 2.45) is 7.05 Å². The van der Waals surface area contributed by atoms with E-state index < -0.39 is 6.36 Å². The Morgan fingerprint density at radius 1 is 1.18 bits per heavy atom. The first kappa shape index (κ1) is 23.8. The van der Waals surface area contributed by atoms with Crippen LogP contribution < -0.4 is 10.1 Å². The number of alkyl halides is 3. The van der Waals surface area contributed by atoms with Crippen molar-refractivity contribution in [3.8, 4) is 5.75 Å². The van der Waals surface area contributed by atoms with Crippen molar-refractivity contribution in [1.82, 2.24) is 20.0 Å². The molecule has 2 aromatic carbocycles. The van der Waals surface area contributed by atoms with Gasteiger partial charge in [-0.1, -0.05) is 42.5 Å². The molecule has 1 aliphatic rings. The smallest absolute Gasteiger partial charge is 0.406 e. The number of carbonyl (C=O) groups excluding carboxylic acids is 1. The molecular formula is C25H27F3N4O2. The van der Waals surface area contributed by atoms with E-state index in [2.05, 4.69) is 15.2 Å². The first-order valence-electron chi connectivity index (χ1n) is 11.1. The van der Waals surface area contributed by atoms with Crippen LogP contribution in [0.2, 0.25) is 0 Å². The molecule has 34 heavy (non-hydrogen) atoms. The molecule has 0 bridgehead atoms. The van der Waals surface area contributed by atoms with E-state index in [4.69, 9.17) is 0 Å². The fourth-order valence-corrected chi connectivity index (χ4v) is 4.36. The zero-order valence-corrected chi connectivity index (χ0v) is 19.1. The SMILES string of the molecule is CN(Cc1ccccc1)C(=O)c1nn(C)c2c1C[C@H](NCc1cccc(OC(F)(F)F)c1)CC2. The zero-order valence-electron chi connectivity index (χ0n) is 19.1. The van der Waals surface area contributed by atoms with Gasteiger partial charge in [0.25, 0.3) is 5.91 Å². The van der Waals surface area contributed by atoms with Gasteiger partial charge in [-0.2, -0.15) is 5.10 Å². The largest absolute Gasteiger partial charge is 0.573 e. The third-order valence-electron chi connectivity index (χ3n) is 5.99. The van der Waals surface area contributed by atoms with Gasteiger partial charge in [0.1, 0.15) is 5.75 Å². The number of benzene rings is 2. The lowest BCUT2D eigenvalue weighted by atomic mass is 9.91. The standard InChI is InChI=1S/C25H27F3N4O2/c1-31(16-17-7-4-3-5-8-17)24(33)23-21-14-19(11-12-22(21)32(2)30-23)29-15-18-9-6-10-20(13-18)34-25(26,27)28/h3-10,13,19,29H,11-12,14-16H2,1-2H3/t19-/m1/s1. The number of amides is 1. The van der Waals surface area contributed by atoms with E-state index in [1.165, 1.54) is 18.2 Å². The normalized spacial score (nSPS) is 15.6. The summed E-state index contributed by atoms with van der Waals surface area (Å²) in [5.74, 6) is -0.363. The van der Waals surface area contributed by atoms with Crippen molar-refractivity contribution in [3.63, 3.8) is 0 Å². The average Bonchev–Trinajstić information content (AvgIpc) is 3.12. The van der Waals surface area contributed by atoms with Gasteiger partial charge in [-0.25, -0.2) is 0 Å². The Morgan fingerprint density at radius 2 is 1.91 bits per heavy atom. The minimum Gasteiger partial charge on any atom is -0.406 e. The maximum Gasteiger partial charge on any atom is 0.573 e. The van der Waals surface area contributed by atoms with Gasteiger partial charge >= 0.3 is 6.36 Å². The Labute approximate surface area is 196 Å². The highest BCUT2D eigenvalue weighted by atomic mass is 19.4. The summed E-state index contributed by atoms with van der Waals surface area (Å²) in [6.45, 7) is 0.884. The Hall–Kier alpha value is -3.33. The average molecular weight is 473 g/mol. The monoisotopic (exact) mass is 472 g/mol. The number of aromatic nitrogens is 2. The second-order valence-corrected chi connectivity index (χ2v) is 8.56. The summed E-state index contributed by atoms with van der Waals surface area (Å²) in [6, 6.07) is 15.8. The molecule has 1 N–H and O–H groups in total. The van der Waals surface area contributed by atoms with Crippen LogP contribution in [-0.2, 0) is 33.0 Å². The second-order valence-electron chi connectivity index (χ2n) is 8.56. The molecule has 0 spiro atoms. The Morgan fingerprint density at radius 3 is 2.65 bits per heavy atom. The van der Waals surface area contributed by atoms with Gasteiger partial charge in [0, 0.05) is 44.5 Å². The van der Waals surface area contributed by atoms with Crippen molar-refractivity contribution >= 4 is 5.91 Å². The molecule has 3 aromatic rings. The van der Waals surface area contributed by atoms with Crippen LogP contribution in [-0.4, -0.2) is 40.0 Å². The van der Waals surface area contributed by atoms with Gasteiger partial charge in [0.05, 0.1) is 0 Å². The Kier molecular flexibility index (Phi) is 6.92. The molecule has 0 aliphatic heterocycles. The highest BCUT2D eigenvalue weighted by Gasteiger charge is 2.31. The van der Waals surface area contributed by atoms with Crippen LogP contribution in [0.3, 0.4) is 0 Å². The minimum atomic E-state index is -4.72. The lowest BCUT2D eigenvalue weighted by Crippen LogP contribution is -2.35. The molecule has 1 amide bonds. The van der Waals surface area contributed by atoms with E-state index in [0.29, 0.717) is 30.8 Å². The predicted molar refractivity (Wildman–Crippen MR) is 121 cm³/mol. The molecule has 0 fully saturated rings. The number of carbonyl (C=O) groups is 1. The molecular weight excluding hydrogens is 445 g/mol. The van der Waals surface area contributed by atoms with Crippen LogP contribution in [0, 0.1) is 0 Å². The molecule has 1 atom stereocenters. The van der Waals surface area contributed by atoms with Gasteiger partial charge in [0.15, 0.2) is 5.69 Å². The quantitative estimate of drug-likeness (QED) is 0.559. The summed E-state index contributed by atoms with van der Waals surface area (Å²) in [7, 11) is 3.62. The lowest BCUT2D eigenvalue weighted by Gasteiger charge is -2.25. The first-order valence-corrected chi connectivity index (χ1v) is 11.1. The summed E-state index contributed by atoms with van der Waals surface area (Å²) >= 11 is 0. The molecule has 180 valence electrons. The number of hydrogen-bond acceptors (Lipinski definition) is 4. The van der Waals surface area contributed by atoms with Crippen LogP contribution in [0.5, 0.6) is 5.75 Å². The molecule has 0 saturated carbocycles. The molecule has 1 heterocycles. The number of nitrogens with one attached hydrogen (secondary N) is 1. The molecule has 1 aliphatic carbocycles. The summed E-state index contributed by atoms with van der Waals surface area (Å²) in [6.07, 6.45) is -2.48. The highest BCUT2D eigenvalue weighted by Crippen LogP contribution is 2.27. The maximum atomic E-state index is 13.2. The van der Waals surface area contributed by atoms with E-state index in [-0.39, 0.29) is 17.7 Å². The van der Waals surface area contributed by atoms with Crippen LogP contribution in [0.4, 0.5) is 13.2 Å². The number of ether oxygens (including phenoxy) is 1. The van der Waals surface area contributed by atoms with Gasteiger partial charge in [-0.15, -0.1) is 13.2 Å². The van der Waals surface area contributed by atoms with E-state index in [1.54, 1.807) is 22.7 Å². The molecule has 6 nitrogen and oxygen atoms in total. The van der Waals surface area contributed by atoms with Crippen LogP contribution in [0.1, 0.15) is 39.3 Å². The number of aryl methyl sites for hydroxylation is 1. The number of fused-ring (bicyclic) bond motifs is 1. The number of nitrogens with zero attached hydrogens (tertiary/aromatic N) is 3. The van der Waals surface area contributed by atoms with Crippen molar-refractivity contribution in [3.05, 3.63) is 82.7 Å². The molecule has 4 rings (SSSR count). The minimum absolute atomic E-state index is 0.0786. The van der Waals surface area contributed by atoms with E-state index in [9.17, 15) is 18.0 Å². The van der Waals surface area contributed by atoms with Crippen LogP contribution >= 0.6 is 0 Å². The van der Waals surface area contributed by atoms with Crippen LogP contribution in [0.15, 0.2) is 54.6 Å². The van der Waals surface area contributed by atoms with Gasteiger partial charge in [0.2, 0.25) is 0 Å². The second kappa shape index (κ2) is 9.89. The van der Waals surface area contributed by atoms with Gasteiger partial charge in [-0.3, -0.25) is 9.48 Å². The molecule has 0 saturated heterocycles. The first-order chi connectivity index (χ1) is 16.2. The van der Waals surface area contributed by atoms with Crippen LogP contribution in [0.25, 0.3) is 0 Å². The van der Waals surface area contributed by atoms with E-state index in [0.717, 1.165) is 29.7 Å². The third kappa shape index (κ3) is 5.77. The van der Waals surface area contributed by atoms with Crippen molar-refractivity contribution in [2.45, 2.75) is 44.8 Å². The lowest BCUT2D eigenvalue weighted by molar-refractivity contribution is -0.274. The predicted octanol–water partition coefficient (Wildman–Crippen LogP) is 4.24. The van der Waals surface area contributed by atoms with Gasteiger partial charge in [-0.05, 0) is 42.5 Å². The van der Waals surface area contributed by atoms with E-state index in [1.807, 2.05) is 37.4 Å². The molecule has 0 radical (unpaired) electrons. The highest BCUT2D eigenvalue weighted by molar-refractivity contribution is 5.94. The fourth-order valence-electron chi connectivity index (χ4n) is 4.36. The van der Waals surface area contributed by atoms with Crippen molar-refractivity contribution in [2.75, 3.05) is 7.05 Å².